The highest BCUT2D eigenvalue weighted by Gasteiger charge is 2.20. The van der Waals surface area contributed by atoms with Crippen LogP contribution < -0.4 is 0 Å². The van der Waals surface area contributed by atoms with Crippen LogP contribution in [-0.4, -0.2) is 20.6 Å². The van der Waals surface area contributed by atoms with Crippen molar-refractivity contribution in [3.63, 3.8) is 0 Å². The second-order valence-electron chi connectivity index (χ2n) is 6.10. The van der Waals surface area contributed by atoms with Crippen molar-refractivity contribution in [3.05, 3.63) is 35.4 Å². The van der Waals surface area contributed by atoms with Gasteiger partial charge in [0.25, 0.3) is 0 Å². The van der Waals surface area contributed by atoms with Gasteiger partial charge in [-0.1, -0.05) is 79.9 Å². The lowest BCUT2D eigenvalue weighted by Crippen LogP contribution is -2.15. The van der Waals surface area contributed by atoms with Gasteiger partial charge in [0.1, 0.15) is 0 Å². The molecule has 0 radical (unpaired) electrons. The smallest absolute Gasteiger partial charge is 0.405 e. The second kappa shape index (κ2) is 7.77. The van der Waals surface area contributed by atoms with Crippen molar-refractivity contribution in [1.82, 2.24) is 0 Å². The minimum absolute atomic E-state index is 0.774. The quantitative estimate of drug-likeness (QED) is 0.518. The van der Waals surface area contributed by atoms with Gasteiger partial charge in [0, 0.05) is 0 Å². The van der Waals surface area contributed by atoms with Crippen LogP contribution in [0, 0.1) is 18.8 Å². The number of benzene rings is 1. The normalized spacial score (nSPS) is 11.7. The summed E-state index contributed by atoms with van der Waals surface area (Å²) < 4.78 is 4.92. The summed E-state index contributed by atoms with van der Waals surface area (Å²) in [6.45, 7) is 11.4. The van der Waals surface area contributed by atoms with Gasteiger partial charge in [-0.3, -0.25) is 0 Å². The number of nitrogens with zero attached hydrogens (tertiary/aromatic N) is 1. The van der Waals surface area contributed by atoms with Crippen molar-refractivity contribution in [2.75, 3.05) is 0 Å². The average molecular weight is 259 g/mol. The van der Waals surface area contributed by atoms with Crippen molar-refractivity contribution in [2.45, 2.75) is 45.2 Å². The van der Waals surface area contributed by atoms with Crippen molar-refractivity contribution in [1.29, 1.82) is 0 Å². The minimum Gasteiger partial charge on any atom is -0.405 e. The molecule has 0 aromatic heterocycles. The molecule has 1 aromatic carbocycles. The molecule has 0 amide bonds. The Labute approximate surface area is 117 Å². The molecule has 2 heteroatoms. The zero-order valence-corrected chi connectivity index (χ0v) is 13.6. The van der Waals surface area contributed by atoms with E-state index in [0.717, 1.165) is 11.8 Å². The SMILES string of the molecule is Cc1ccc(/C=[N]/[Al]([CH2]C(C)C)[CH2]C(C)C)cc1. The Balaban J connectivity index is 2.66. The molecule has 1 rings (SSSR count). The van der Waals surface area contributed by atoms with Crippen LogP contribution >= 0.6 is 0 Å². The Morgan fingerprint density at radius 2 is 1.50 bits per heavy atom. The molecule has 18 heavy (non-hydrogen) atoms. The fourth-order valence-electron chi connectivity index (χ4n) is 2.15. The molecule has 1 nitrogen and oxygen atoms in total. The van der Waals surface area contributed by atoms with E-state index in [1.165, 1.54) is 21.7 Å². The maximum atomic E-state index is 4.92. The molecule has 0 aliphatic heterocycles. The molecular formula is C16H26AlN. The van der Waals surface area contributed by atoms with E-state index in [4.69, 9.17) is 3.98 Å². The fourth-order valence-corrected chi connectivity index (χ4v) is 5.15. The fraction of sp³-hybridized carbons (Fsp3) is 0.562. The highest BCUT2D eigenvalue weighted by atomic mass is 27.2. The van der Waals surface area contributed by atoms with Gasteiger partial charge in [0.15, 0.2) is 0 Å². The lowest BCUT2D eigenvalue weighted by molar-refractivity contribution is 0.689. The molecule has 0 unspecified atom stereocenters. The Bertz CT molecular complexity index is 355. The summed E-state index contributed by atoms with van der Waals surface area (Å²) in [6, 6.07) is 8.63. The number of hydrogen-bond donors (Lipinski definition) is 0. The van der Waals surface area contributed by atoms with Gasteiger partial charge in [0.2, 0.25) is 0 Å². The third-order valence-electron chi connectivity index (χ3n) is 3.00. The highest BCUT2D eigenvalue weighted by molar-refractivity contribution is 6.58. The number of aryl methyl sites for hydroxylation is 1. The van der Waals surface area contributed by atoms with E-state index in [1.54, 1.807) is 0 Å². The van der Waals surface area contributed by atoms with Gasteiger partial charge >= 0.3 is 14.4 Å². The average Bonchev–Trinajstić information content (AvgIpc) is 2.26. The molecule has 0 saturated heterocycles. The topological polar surface area (TPSA) is 12.4 Å². The molecule has 1 aromatic rings. The molecule has 0 atom stereocenters. The zero-order valence-electron chi connectivity index (χ0n) is 12.5. The van der Waals surface area contributed by atoms with E-state index in [1.807, 2.05) is 0 Å². The van der Waals surface area contributed by atoms with Gasteiger partial charge in [0.05, 0.1) is 0 Å². The first-order valence-corrected chi connectivity index (χ1v) is 9.22. The summed E-state index contributed by atoms with van der Waals surface area (Å²) in [7, 11) is 0. The van der Waals surface area contributed by atoms with Crippen molar-refractivity contribution in [3.8, 4) is 0 Å². The van der Waals surface area contributed by atoms with E-state index < -0.39 is 14.4 Å². The molecule has 0 aliphatic rings. The summed E-state index contributed by atoms with van der Waals surface area (Å²) in [5.74, 6) is 1.55. The van der Waals surface area contributed by atoms with Crippen molar-refractivity contribution >= 4 is 20.6 Å². The van der Waals surface area contributed by atoms with E-state index in [-0.39, 0.29) is 0 Å². The lowest BCUT2D eigenvalue weighted by atomic mass is 10.2. The lowest BCUT2D eigenvalue weighted by Gasteiger charge is -2.11. The van der Waals surface area contributed by atoms with Gasteiger partial charge in [-0.2, -0.15) is 0 Å². The van der Waals surface area contributed by atoms with Crippen LogP contribution in [0.3, 0.4) is 0 Å². The van der Waals surface area contributed by atoms with Crippen LogP contribution in [0.1, 0.15) is 38.8 Å². The maximum absolute atomic E-state index is 4.92. The van der Waals surface area contributed by atoms with Crippen molar-refractivity contribution in [2.24, 2.45) is 15.8 Å². The van der Waals surface area contributed by atoms with Crippen LogP contribution in [-0.2, 0) is 0 Å². The largest absolute Gasteiger partial charge is 0.436 e. The molecule has 0 heterocycles. The summed E-state index contributed by atoms with van der Waals surface area (Å²) in [5, 5.41) is 2.64. The van der Waals surface area contributed by atoms with Gasteiger partial charge in [-0.25, -0.2) is 0 Å². The monoisotopic (exact) mass is 259 g/mol. The minimum atomic E-state index is -0.962. The maximum Gasteiger partial charge on any atom is 0.436 e. The predicted octanol–water partition coefficient (Wildman–Crippen LogP) is 4.72. The summed E-state index contributed by atoms with van der Waals surface area (Å²) >= 11 is -0.962. The Kier molecular flexibility index (Phi) is 6.68. The van der Waals surface area contributed by atoms with Gasteiger partial charge in [-0.05, 0) is 18.7 Å². The summed E-state index contributed by atoms with van der Waals surface area (Å²) in [4.78, 5) is 0. The zero-order chi connectivity index (χ0) is 13.5. The van der Waals surface area contributed by atoms with E-state index in [0.29, 0.717) is 0 Å². The Morgan fingerprint density at radius 1 is 1.00 bits per heavy atom. The van der Waals surface area contributed by atoms with Crippen molar-refractivity contribution < 1.29 is 0 Å². The third kappa shape index (κ3) is 6.38. The molecule has 98 valence electrons. The van der Waals surface area contributed by atoms with E-state index in [9.17, 15) is 0 Å². The van der Waals surface area contributed by atoms with E-state index in [2.05, 4.69) is 65.1 Å². The van der Waals surface area contributed by atoms with Crippen LogP contribution in [0.5, 0.6) is 0 Å². The van der Waals surface area contributed by atoms with Crippen LogP contribution in [0.25, 0.3) is 0 Å². The predicted molar refractivity (Wildman–Crippen MR) is 83.8 cm³/mol. The molecule has 0 saturated carbocycles. The van der Waals surface area contributed by atoms with Crippen LogP contribution in [0.2, 0.25) is 10.6 Å². The van der Waals surface area contributed by atoms with E-state index >= 15 is 0 Å². The standard InChI is InChI=1S/C8H8N.2C4H9.Al/c1-7-2-4-8(6-9)5-3-7;2*1-4(2)3;/h2-6H,1H3;2*4H,1H2,2-3H3;/q-1;;;+1. The van der Waals surface area contributed by atoms with Gasteiger partial charge in [-0.15, -0.1) is 0 Å². The number of rotatable bonds is 6. The Morgan fingerprint density at radius 3 is 1.94 bits per heavy atom. The van der Waals surface area contributed by atoms with Gasteiger partial charge < -0.3 is 3.98 Å². The summed E-state index contributed by atoms with van der Waals surface area (Å²) in [6.07, 6.45) is 2.10. The highest BCUT2D eigenvalue weighted by Crippen LogP contribution is 2.15. The molecule has 0 N–H and O–H groups in total. The Hall–Kier alpha value is -0.578. The molecule has 0 bridgehead atoms. The third-order valence-corrected chi connectivity index (χ3v) is 6.54. The molecule has 0 aliphatic carbocycles. The number of hydrogen-bond acceptors (Lipinski definition) is 1. The first-order chi connectivity index (χ1) is 8.47. The molecule has 0 fully saturated rings. The van der Waals surface area contributed by atoms with Crippen LogP contribution in [0.4, 0.5) is 0 Å². The first-order valence-electron chi connectivity index (χ1n) is 7.07. The second-order valence-corrected chi connectivity index (χ2v) is 8.65. The summed E-state index contributed by atoms with van der Waals surface area (Å²) in [5.41, 5.74) is 2.55. The molecule has 0 spiro atoms. The molecular weight excluding hydrogens is 233 g/mol. The van der Waals surface area contributed by atoms with Crippen LogP contribution in [0.15, 0.2) is 28.2 Å². The first kappa shape index (κ1) is 15.5.